The van der Waals surface area contributed by atoms with Crippen LogP contribution in [0.15, 0.2) is 48.3 Å². The van der Waals surface area contributed by atoms with Crippen LogP contribution in [0.1, 0.15) is 37.8 Å². The molecule has 2 aliphatic rings. The van der Waals surface area contributed by atoms with Gasteiger partial charge in [-0.05, 0) is 50.6 Å². The molecule has 4 rings (SSSR count). The molecule has 0 amide bonds. The van der Waals surface area contributed by atoms with E-state index in [0.29, 0.717) is 22.1 Å². The molecule has 2 heterocycles. The van der Waals surface area contributed by atoms with Crippen molar-refractivity contribution in [3.63, 3.8) is 0 Å². The Hall–Kier alpha value is -2.74. The second-order valence-corrected chi connectivity index (χ2v) is 15.1. The lowest BCUT2D eigenvalue weighted by molar-refractivity contribution is -0.845. The predicted octanol–water partition coefficient (Wildman–Crippen LogP) is 5.67. The molecular weight excluding hydrogens is 749 g/mol. The maximum atomic E-state index is 13.8. The van der Waals surface area contributed by atoms with E-state index in [9.17, 15) is 52.3 Å². The summed E-state index contributed by atoms with van der Waals surface area (Å²) in [7, 11) is -9.01. The first-order chi connectivity index (χ1) is 22.6. The molecule has 2 atom stereocenters. The average Bonchev–Trinajstić information content (AvgIpc) is 3.39. The number of allylic oxidation sites excluding steroid dienone is 2. The van der Waals surface area contributed by atoms with Gasteiger partial charge < -0.3 is 19.3 Å². The number of hydrogen-bond acceptors (Lipinski definition) is 8. The molecule has 0 saturated carbocycles. The Bertz CT molecular complexity index is 1860. The fourth-order valence-corrected chi connectivity index (χ4v) is 7.60. The zero-order valence-corrected chi connectivity index (χ0v) is 29.1. The van der Waals surface area contributed by atoms with Gasteiger partial charge in [-0.2, -0.15) is 34.8 Å². The lowest BCUT2D eigenvalue weighted by atomic mass is 10.1. The number of nitrogens with zero attached hydrogens (tertiary/aromatic N) is 3. The first kappa shape index (κ1) is 39.1. The van der Waals surface area contributed by atoms with Gasteiger partial charge in [-0.3, -0.25) is 9.45 Å². The summed E-state index contributed by atoms with van der Waals surface area (Å²) < 4.78 is 149. The molecule has 272 valence electrons. The molecule has 0 aliphatic carbocycles. The summed E-state index contributed by atoms with van der Waals surface area (Å²) in [4.78, 5) is 5.21. The standard InChI is InChI=1S/C29H32Cl2F6N4O6S2/c1-3-38-24-16-20(30)18(28(32,33)34)14-22(24)40(10-6-12-48(42,43)44)26(38)8-5-9-27-39(4-2)25-17-21(31)19(29(35,36)37)15-23(25)41(27)11-7-13-49(45,46)47/h5,8-9,14-17,26H,3-4,6-7,10-13H2,1-2H3,(H,42,43,44)(H,45,46,47)/b8-5+,27-9-. The van der Waals surface area contributed by atoms with Gasteiger partial charge >= 0.3 is 12.4 Å². The van der Waals surface area contributed by atoms with Crippen LogP contribution in [-0.2, 0) is 32.6 Å². The maximum absolute atomic E-state index is 13.8. The van der Waals surface area contributed by atoms with Gasteiger partial charge in [0, 0.05) is 37.9 Å². The van der Waals surface area contributed by atoms with E-state index >= 15 is 0 Å². The summed E-state index contributed by atoms with van der Waals surface area (Å²) in [5.74, 6) is -1.10. The van der Waals surface area contributed by atoms with Crippen LogP contribution in [0.25, 0.3) is 0 Å². The third-order valence-corrected chi connectivity index (χ3v) is 10.3. The molecule has 0 aromatic heterocycles. The van der Waals surface area contributed by atoms with Crippen molar-refractivity contribution in [2.45, 2.75) is 45.2 Å². The Morgan fingerprint density at radius 1 is 0.857 bits per heavy atom. The number of halogens is 8. The molecule has 2 unspecified atom stereocenters. The summed E-state index contributed by atoms with van der Waals surface area (Å²) in [6.07, 6.45) is -5.99. The molecule has 0 saturated heterocycles. The average molecular weight is 782 g/mol. The number of anilines is 3. The van der Waals surface area contributed by atoms with Gasteiger partial charge in [0.15, 0.2) is 11.9 Å². The van der Waals surface area contributed by atoms with Crippen LogP contribution < -0.4 is 19.6 Å². The predicted molar refractivity (Wildman–Crippen MR) is 173 cm³/mol. The van der Waals surface area contributed by atoms with Crippen LogP contribution in [-0.4, -0.2) is 69.8 Å². The van der Waals surface area contributed by atoms with E-state index < -0.39 is 71.4 Å². The topological polar surface area (TPSA) is 126 Å². The van der Waals surface area contributed by atoms with Gasteiger partial charge in [0.05, 0.1) is 55.0 Å². The fourth-order valence-electron chi connectivity index (χ4n) is 6.07. The molecular formula is C29H32Cl2F6N4O6S2. The van der Waals surface area contributed by atoms with Crippen molar-refractivity contribution in [2.75, 3.05) is 52.4 Å². The molecule has 0 spiro atoms. The van der Waals surface area contributed by atoms with Crippen molar-refractivity contribution < 1.29 is 57.2 Å². The first-order valence-electron chi connectivity index (χ1n) is 14.8. The largest absolute Gasteiger partial charge is 0.748 e. The highest BCUT2D eigenvalue weighted by atomic mass is 35.5. The normalized spacial score (nSPS) is 19.4. The number of rotatable bonds is 12. The van der Waals surface area contributed by atoms with Crippen molar-refractivity contribution in [1.29, 1.82) is 0 Å². The monoisotopic (exact) mass is 780 g/mol. The van der Waals surface area contributed by atoms with Gasteiger partial charge in [-0.15, -0.1) is 0 Å². The van der Waals surface area contributed by atoms with E-state index in [1.165, 1.54) is 23.1 Å². The number of alkyl halides is 6. The molecule has 2 aromatic rings. The summed E-state index contributed by atoms with van der Waals surface area (Å²) in [6, 6.07) is 4.06. The fraction of sp³-hybridized carbons (Fsp3) is 0.448. The third-order valence-electron chi connectivity index (χ3n) is 8.06. The number of fused-ring (bicyclic) bond motifs is 2. The summed E-state index contributed by atoms with van der Waals surface area (Å²) in [6.45, 7) is 3.79. The molecule has 0 radical (unpaired) electrons. The van der Waals surface area contributed by atoms with Crippen LogP contribution in [0.4, 0.5) is 49.1 Å². The van der Waals surface area contributed by atoms with Gasteiger partial charge in [-0.25, -0.2) is 8.42 Å². The number of benzene rings is 2. The Morgan fingerprint density at radius 3 is 1.96 bits per heavy atom. The number of likely N-dealkylation sites (N-methyl/N-ethyl adjacent to an activating group) is 1. The minimum Gasteiger partial charge on any atom is -0.748 e. The zero-order valence-electron chi connectivity index (χ0n) is 25.9. The minimum atomic E-state index is -4.80. The van der Waals surface area contributed by atoms with E-state index in [1.54, 1.807) is 29.7 Å². The molecule has 0 fully saturated rings. The third kappa shape index (κ3) is 8.95. The Balaban J connectivity index is 1.79. The maximum Gasteiger partial charge on any atom is 0.418 e. The highest BCUT2D eigenvalue weighted by Crippen LogP contribution is 2.48. The molecule has 2 aliphatic heterocycles. The van der Waals surface area contributed by atoms with Crippen molar-refractivity contribution in [2.24, 2.45) is 0 Å². The highest BCUT2D eigenvalue weighted by Gasteiger charge is 2.43. The van der Waals surface area contributed by atoms with E-state index in [-0.39, 0.29) is 50.4 Å². The highest BCUT2D eigenvalue weighted by molar-refractivity contribution is 7.85. The lowest BCUT2D eigenvalue weighted by Gasteiger charge is -2.26. The van der Waals surface area contributed by atoms with Crippen LogP contribution in [0, 0.1) is 0 Å². The zero-order chi connectivity index (χ0) is 36.7. The molecule has 10 nitrogen and oxygen atoms in total. The van der Waals surface area contributed by atoms with E-state index in [1.807, 2.05) is 0 Å². The summed E-state index contributed by atoms with van der Waals surface area (Å²) in [5, 5.41) is -1.10. The lowest BCUT2D eigenvalue weighted by Crippen LogP contribution is -3.11. The van der Waals surface area contributed by atoms with Gasteiger partial charge in [-0.1, -0.05) is 29.3 Å². The Morgan fingerprint density at radius 2 is 1.43 bits per heavy atom. The van der Waals surface area contributed by atoms with Crippen molar-refractivity contribution >= 4 is 66.2 Å². The number of nitrogens with one attached hydrogen (secondary N) is 1. The van der Waals surface area contributed by atoms with Gasteiger partial charge in [0.1, 0.15) is 11.5 Å². The second kappa shape index (κ2) is 14.5. The van der Waals surface area contributed by atoms with Crippen LogP contribution in [0.2, 0.25) is 10.0 Å². The van der Waals surface area contributed by atoms with Crippen LogP contribution in [0.3, 0.4) is 0 Å². The van der Waals surface area contributed by atoms with E-state index in [4.69, 9.17) is 23.2 Å². The molecule has 2 aromatic carbocycles. The van der Waals surface area contributed by atoms with Crippen molar-refractivity contribution in [3.8, 4) is 0 Å². The minimum absolute atomic E-state index is 0.0531. The molecule has 49 heavy (non-hydrogen) atoms. The Labute approximate surface area is 289 Å². The van der Waals surface area contributed by atoms with E-state index in [2.05, 4.69) is 0 Å². The van der Waals surface area contributed by atoms with Gasteiger partial charge in [0.2, 0.25) is 0 Å². The summed E-state index contributed by atoms with van der Waals surface area (Å²) in [5.41, 5.74) is -1.29. The second-order valence-electron chi connectivity index (χ2n) is 11.2. The quantitative estimate of drug-likeness (QED) is 0.207. The molecule has 0 bridgehead atoms. The smallest absolute Gasteiger partial charge is 0.418 e. The van der Waals surface area contributed by atoms with Crippen LogP contribution >= 0.6 is 23.2 Å². The van der Waals surface area contributed by atoms with Crippen LogP contribution in [0.5, 0.6) is 0 Å². The SMILES string of the molecule is CCN1/C(=C/C=C/C2N(CC)c3cc(Cl)c(C(F)(F)F)cc3[NH+]2CCCS(=O)(=O)[O-])N(CCCS(=O)(=O)O)c2cc(C(F)(F)F)c(Cl)cc21. The first-order valence-corrected chi connectivity index (χ1v) is 18.8. The Kier molecular flexibility index (Phi) is 11.5. The summed E-state index contributed by atoms with van der Waals surface area (Å²) >= 11 is 12.1. The molecule has 2 N–H and O–H groups in total. The van der Waals surface area contributed by atoms with Crippen molar-refractivity contribution in [3.05, 3.63) is 69.5 Å². The van der Waals surface area contributed by atoms with E-state index in [0.717, 1.165) is 18.2 Å². The van der Waals surface area contributed by atoms with Crippen molar-refractivity contribution in [1.82, 2.24) is 0 Å². The molecule has 20 heteroatoms. The number of quaternary nitrogens is 1. The van der Waals surface area contributed by atoms with Gasteiger partial charge in [0.25, 0.3) is 10.1 Å². The number of hydrogen-bond donors (Lipinski definition) is 2.